The Labute approximate surface area is 118 Å². The molecule has 6 heteroatoms. The van der Waals surface area contributed by atoms with Crippen LogP contribution < -0.4 is 14.5 Å². The van der Waals surface area contributed by atoms with Gasteiger partial charge < -0.3 is 14.4 Å². The summed E-state index contributed by atoms with van der Waals surface area (Å²) in [5.74, 6) is 1.24. The van der Waals surface area contributed by atoms with E-state index in [9.17, 15) is 4.91 Å². The molecular formula is C14H19N3O3. The van der Waals surface area contributed by atoms with Crippen LogP contribution in [-0.2, 0) is 0 Å². The highest BCUT2D eigenvalue weighted by Gasteiger charge is 2.32. The summed E-state index contributed by atoms with van der Waals surface area (Å²) in [5, 5.41) is 4.74. The fraction of sp³-hybridized carbons (Fsp3) is 0.571. The summed E-state index contributed by atoms with van der Waals surface area (Å²) in [7, 11) is 1.59. The number of methoxy groups -OCH3 is 1. The van der Waals surface area contributed by atoms with Gasteiger partial charge in [-0.2, -0.15) is 0 Å². The quantitative estimate of drug-likeness (QED) is 0.788. The number of hydrogen-bond donors (Lipinski definition) is 0. The molecule has 0 bridgehead atoms. The van der Waals surface area contributed by atoms with E-state index in [4.69, 9.17) is 9.47 Å². The number of benzene rings is 1. The Morgan fingerprint density at radius 2 is 2.20 bits per heavy atom. The Balaban J connectivity index is 1.83. The molecule has 1 unspecified atom stereocenters. The molecule has 6 nitrogen and oxygen atoms in total. The maximum Gasteiger partial charge on any atom is 0.186 e. The molecule has 0 radical (unpaired) electrons. The molecule has 0 spiro atoms. The summed E-state index contributed by atoms with van der Waals surface area (Å²) >= 11 is 0. The largest absolute Gasteiger partial charge is 0.493 e. The second-order valence-electron chi connectivity index (χ2n) is 5.21. The molecule has 0 N–H and O–H groups in total. The van der Waals surface area contributed by atoms with Crippen LogP contribution in [0.5, 0.6) is 11.5 Å². The molecule has 0 aromatic heterocycles. The molecule has 1 atom stereocenters. The van der Waals surface area contributed by atoms with Crippen molar-refractivity contribution in [2.45, 2.75) is 18.9 Å². The lowest BCUT2D eigenvalue weighted by atomic mass is 10.1. The van der Waals surface area contributed by atoms with Crippen LogP contribution in [0.15, 0.2) is 23.5 Å². The van der Waals surface area contributed by atoms with E-state index in [2.05, 4.69) is 10.2 Å². The lowest BCUT2D eigenvalue weighted by molar-refractivity contribution is 0.209. The SMILES string of the molecule is COc1cccc2c1OCC(CN1CCCC1)N2N=O. The van der Waals surface area contributed by atoms with Gasteiger partial charge in [-0.15, -0.1) is 4.91 Å². The molecule has 108 valence electrons. The van der Waals surface area contributed by atoms with E-state index in [0.29, 0.717) is 23.8 Å². The Kier molecular flexibility index (Phi) is 3.73. The zero-order valence-electron chi connectivity index (χ0n) is 11.6. The van der Waals surface area contributed by atoms with Gasteiger partial charge in [0.2, 0.25) is 0 Å². The molecule has 0 amide bonds. The van der Waals surface area contributed by atoms with Crippen molar-refractivity contribution in [1.29, 1.82) is 0 Å². The molecule has 1 saturated heterocycles. The van der Waals surface area contributed by atoms with Crippen LogP contribution >= 0.6 is 0 Å². The number of nitroso groups, excluding NO2 is 1. The molecule has 20 heavy (non-hydrogen) atoms. The average molecular weight is 277 g/mol. The summed E-state index contributed by atoms with van der Waals surface area (Å²) in [6, 6.07) is 5.47. The number of nitrogens with zero attached hydrogens (tertiary/aromatic N) is 3. The standard InChI is InChI=1S/C14H19N3O3/c1-19-13-6-4-5-12-14(13)20-10-11(17(12)15-18)9-16-7-2-3-8-16/h4-6,11H,2-3,7-10H2,1H3. The highest BCUT2D eigenvalue weighted by Crippen LogP contribution is 2.41. The second-order valence-corrected chi connectivity index (χ2v) is 5.21. The Morgan fingerprint density at radius 1 is 1.40 bits per heavy atom. The van der Waals surface area contributed by atoms with Crippen LogP contribution in [0.3, 0.4) is 0 Å². The van der Waals surface area contributed by atoms with Gasteiger partial charge in [-0.1, -0.05) is 6.07 Å². The third-order valence-electron chi connectivity index (χ3n) is 3.95. The van der Waals surface area contributed by atoms with Gasteiger partial charge in [0, 0.05) is 6.54 Å². The second kappa shape index (κ2) is 5.66. The molecule has 2 heterocycles. The van der Waals surface area contributed by atoms with Crippen LogP contribution in [0.2, 0.25) is 0 Å². The van der Waals surface area contributed by atoms with Gasteiger partial charge >= 0.3 is 0 Å². The van der Waals surface area contributed by atoms with Crippen molar-refractivity contribution < 1.29 is 9.47 Å². The normalized spacial score (nSPS) is 22.2. The molecule has 2 aliphatic heterocycles. The van der Waals surface area contributed by atoms with Crippen molar-refractivity contribution in [3.63, 3.8) is 0 Å². The smallest absolute Gasteiger partial charge is 0.186 e. The van der Waals surface area contributed by atoms with Crippen molar-refractivity contribution in [3.8, 4) is 11.5 Å². The van der Waals surface area contributed by atoms with E-state index in [0.717, 1.165) is 19.6 Å². The first-order valence-corrected chi connectivity index (χ1v) is 6.98. The van der Waals surface area contributed by atoms with Gasteiger partial charge in [-0.3, -0.25) is 0 Å². The molecule has 2 aliphatic rings. The number of para-hydroxylation sites is 1. The summed E-state index contributed by atoms with van der Waals surface area (Å²) < 4.78 is 11.1. The Morgan fingerprint density at radius 3 is 2.90 bits per heavy atom. The number of fused-ring (bicyclic) bond motifs is 1. The summed E-state index contributed by atoms with van der Waals surface area (Å²) in [5.41, 5.74) is 0.690. The number of anilines is 1. The molecule has 1 aromatic rings. The average Bonchev–Trinajstić information content (AvgIpc) is 2.99. The third kappa shape index (κ3) is 2.31. The number of hydrogen-bond acceptors (Lipinski definition) is 5. The van der Waals surface area contributed by atoms with Crippen molar-refractivity contribution in [2.24, 2.45) is 5.29 Å². The van der Waals surface area contributed by atoms with Gasteiger partial charge in [-0.05, 0) is 38.1 Å². The van der Waals surface area contributed by atoms with Gasteiger partial charge in [0.15, 0.2) is 11.5 Å². The molecule has 1 fully saturated rings. The van der Waals surface area contributed by atoms with Crippen molar-refractivity contribution >= 4 is 5.69 Å². The molecule has 0 aliphatic carbocycles. The number of ether oxygens (including phenoxy) is 2. The topological polar surface area (TPSA) is 54.4 Å². The Hall–Kier alpha value is -1.82. The summed E-state index contributed by atoms with van der Waals surface area (Å²) in [4.78, 5) is 13.6. The first-order chi connectivity index (χ1) is 9.83. The van der Waals surface area contributed by atoms with Gasteiger partial charge in [0.05, 0.1) is 12.4 Å². The monoisotopic (exact) mass is 277 g/mol. The van der Waals surface area contributed by atoms with Crippen LogP contribution in [0.25, 0.3) is 0 Å². The van der Waals surface area contributed by atoms with E-state index in [1.54, 1.807) is 7.11 Å². The van der Waals surface area contributed by atoms with Crippen LogP contribution in [-0.4, -0.2) is 44.3 Å². The minimum absolute atomic E-state index is 0.0368. The maximum atomic E-state index is 11.3. The first kappa shape index (κ1) is 13.2. The van der Waals surface area contributed by atoms with Crippen molar-refractivity contribution in [2.75, 3.05) is 38.4 Å². The highest BCUT2D eigenvalue weighted by atomic mass is 16.5. The maximum absolute atomic E-state index is 11.3. The first-order valence-electron chi connectivity index (χ1n) is 6.98. The lowest BCUT2D eigenvalue weighted by Gasteiger charge is -2.35. The van der Waals surface area contributed by atoms with Gasteiger partial charge in [0.1, 0.15) is 18.3 Å². The lowest BCUT2D eigenvalue weighted by Crippen LogP contribution is -2.46. The Bertz CT molecular complexity index is 489. The van der Waals surface area contributed by atoms with E-state index in [1.807, 2.05) is 18.2 Å². The predicted molar refractivity (Wildman–Crippen MR) is 76.2 cm³/mol. The van der Waals surface area contributed by atoms with Crippen molar-refractivity contribution in [1.82, 2.24) is 4.90 Å². The number of likely N-dealkylation sites (tertiary alicyclic amines) is 1. The van der Waals surface area contributed by atoms with Crippen molar-refractivity contribution in [3.05, 3.63) is 23.1 Å². The molecule has 3 rings (SSSR count). The highest BCUT2D eigenvalue weighted by molar-refractivity contribution is 5.66. The summed E-state index contributed by atoms with van der Waals surface area (Å²) in [6.45, 7) is 3.44. The van der Waals surface area contributed by atoms with Gasteiger partial charge in [0.25, 0.3) is 0 Å². The van der Waals surface area contributed by atoms with Crippen LogP contribution in [0, 0.1) is 4.91 Å². The molecule has 0 saturated carbocycles. The molecular weight excluding hydrogens is 258 g/mol. The molecule has 1 aromatic carbocycles. The van der Waals surface area contributed by atoms with Crippen LogP contribution in [0.1, 0.15) is 12.8 Å². The fourth-order valence-electron chi connectivity index (χ4n) is 2.94. The zero-order chi connectivity index (χ0) is 13.9. The van der Waals surface area contributed by atoms with E-state index < -0.39 is 0 Å². The third-order valence-corrected chi connectivity index (χ3v) is 3.95. The zero-order valence-corrected chi connectivity index (χ0v) is 11.6. The number of rotatable bonds is 4. The van der Waals surface area contributed by atoms with E-state index in [1.165, 1.54) is 17.9 Å². The predicted octanol–water partition coefficient (Wildman–Crippen LogP) is 2.04. The van der Waals surface area contributed by atoms with Crippen LogP contribution in [0.4, 0.5) is 5.69 Å². The minimum Gasteiger partial charge on any atom is -0.493 e. The fourth-order valence-corrected chi connectivity index (χ4v) is 2.94. The van der Waals surface area contributed by atoms with E-state index in [-0.39, 0.29) is 6.04 Å². The minimum atomic E-state index is -0.0368. The van der Waals surface area contributed by atoms with E-state index >= 15 is 0 Å². The van der Waals surface area contributed by atoms with Gasteiger partial charge in [-0.25, -0.2) is 5.01 Å². The summed E-state index contributed by atoms with van der Waals surface area (Å²) in [6.07, 6.45) is 2.46.